The van der Waals surface area contributed by atoms with Gasteiger partial charge in [0.05, 0.1) is 27.4 Å². The molecule has 6 aliphatic heterocycles. The first-order chi connectivity index (χ1) is 20.8. The second kappa shape index (κ2) is 6.14. The number of hydrogen-bond acceptors (Lipinski definition) is 3. The molecule has 0 radical (unpaired) electrons. The first-order valence-corrected chi connectivity index (χ1v) is 14.3. The monoisotopic (exact) mass is 537 g/mol. The van der Waals surface area contributed by atoms with Gasteiger partial charge in [-0.05, 0) is 54.4 Å². The fraction of sp³-hybridized carbons (Fsp3) is 0.0571. The molecule has 1 unspecified atom stereocenters. The van der Waals surface area contributed by atoms with E-state index >= 15 is 0 Å². The molecule has 7 heteroatoms. The van der Waals surface area contributed by atoms with E-state index < -0.39 is 5.91 Å². The Morgan fingerprint density at radius 1 is 0.548 bits per heavy atom. The van der Waals surface area contributed by atoms with Crippen LogP contribution in [-0.2, 0) is 5.91 Å². The summed E-state index contributed by atoms with van der Waals surface area (Å²) in [6, 6.07) is 34.6. The first-order valence-electron chi connectivity index (χ1n) is 14.3. The highest BCUT2D eigenvalue weighted by Gasteiger charge is 2.70. The highest BCUT2D eigenvalue weighted by atomic mass is 15.7. The Labute approximate surface area is 238 Å². The van der Waals surface area contributed by atoms with Gasteiger partial charge in [-0.3, -0.25) is 0 Å². The number of nitrogens with zero attached hydrogens (tertiary/aromatic N) is 7. The van der Waals surface area contributed by atoms with Crippen LogP contribution in [-0.4, -0.2) is 41.5 Å². The first kappa shape index (κ1) is 20.2. The minimum atomic E-state index is -0.870. The van der Waals surface area contributed by atoms with Crippen LogP contribution in [0.3, 0.4) is 0 Å². The Morgan fingerprint density at radius 3 is 1.81 bits per heavy atom. The van der Waals surface area contributed by atoms with Crippen LogP contribution in [0.15, 0.2) is 112 Å². The van der Waals surface area contributed by atoms with Crippen LogP contribution in [0.4, 0.5) is 11.6 Å². The molecule has 12 rings (SSSR count). The van der Waals surface area contributed by atoms with Gasteiger partial charge in [-0.15, -0.1) is 9.15 Å². The van der Waals surface area contributed by atoms with Gasteiger partial charge in [-0.2, -0.15) is 4.57 Å². The molecule has 0 amide bonds. The molecule has 0 saturated carbocycles. The molecule has 0 N–H and O–H groups in total. The SMILES string of the molecule is CC1=c2c3ccccc3c3n2C24n5c(c6ccccc6c5N=C5c6ccccc6C1=[N+]52)N=C1c2ccccc2C(=[N+]14)N=3. The molecule has 6 aromatic rings. The molecule has 4 aromatic carbocycles. The topological polar surface area (TPSA) is 53.0 Å². The highest BCUT2D eigenvalue weighted by Crippen LogP contribution is 2.52. The molecular weight excluding hydrogens is 518 g/mol. The van der Waals surface area contributed by atoms with E-state index in [2.05, 4.69) is 122 Å². The number of hydrogen-bond donors (Lipinski definition) is 0. The number of aromatic nitrogens is 2. The summed E-state index contributed by atoms with van der Waals surface area (Å²) in [6.45, 7) is 2.26. The largest absolute Gasteiger partial charge is 0.423 e. The summed E-state index contributed by atoms with van der Waals surface area (Å²) in [7, 11) is 0. The lowest BCUT2D eigenvalue weighted by molar-refractivity contribution is -0.789. The van der Waals surface area contributed by atoms with Crippen LogP contribution in [0.5, 0.6) is 0 Å². The predicted molar refractivity (Wildman–Crippen MR) is 161 cm³/mol. The van der Waals surface area contributed by atoms with Crippen molar-refractivity contribution in [2.45, 2.75) is 12.8 Å². The minimum Gasteiger partial charge on any atom is -0.217 e. The molecule has 0 bridgehead atoms. The van der Waals surface area contributed by atoms with Crippen molar-refractivity contribution in [2.24, 2.45) is 15.0 Å². The normalized spacial score (nSPS) is 20.8. The van der Waals surface area contributed by atoms with Crippen LogP contribution >= 0.6 is 0 Å². The Bertz CT molecular complexity index is 2660. The Kier molecular flexibility index (Phi) is 2.95. The summed E-state index contributed by atoms with van der Waals surface area (Å²) < 4.78 is 9.73. The number of rotatable bonds is 0. The Hall–Kier alpha value is -5.69. The second-order valence-electron chi connectivity index (χ2n) is 11.7. The average Bonchev–Trinajstić information content (AvgIpc) is 3.76. The zero-order chi connectivity index (χ0) is 27.1. The van der Waals surface area contributed by atoms with Crippen molar-refractivity contribution in [1.29, 1.82) is 0 Å². The summed E-state index contributed by atoms with van der Waals surface area (Å²) in [5.41, 5.74) is 7.96. The lowest BCUT2D eigenvalue weighted by Gasteiger charge is -2.40. The lowest BCUT2D eigenvalue weighted by atomic mass is 9.99. The van der Waals surface area contributed by atoms with Gasteiger partial charge in [0, 0.05) is 27.3 Å². The average molecular weight is 538 g/mol. The molecule has 0 saturated heterocycles. The molecule has 2 aromatic heterocycles. The van der Waals surface area contributed by atoms with Gasteiger partial charge < -0.3 is 0 Å². The molecule has 42 heavy (non-hydrogen) atoms. The van der Waals surface area contributed by atoms with Gasteiger partial charge in [-0.1, -0.05) is 64.6 Å². The maximum Gasteiger partial charge on any atom is 0.423 e. The molecule has 1 spiro atoms. The van der Waals surface area contributed by atoms with Crippen LogP contribution in [0.2, 0.25) is 0 Å². The van der Waals surface area contributed by atoms with E-state index in [1.54, 1.807) is 0 Å². The molecule has 6 aliphatic rings. The van der Waals surface area contributed by atoms with Gasteiger partial charge in [0.15, 0.2) is 0 Å². The third kappa shape index (κ3) is 1.78. The van der Waals surface area contributed by atoms with Crippen LogP contribution < -0.4 is 10.8 Å². The molecular formula is C35H19N7+2. The Balaban J connectivity index is 1.47. The van der Waals surface area contributed by atoms with Crippen molar-refractivity contribution in [1.82, 2.24) is 9.13 Å². The quantitative estimate of drug-likeness (QED) is 0.260. The summed E-state index contributed by atoms with van der Waals surface area (Å²) in [4.78, 5) is 16.5. The van der Waals surface area contributed by atoms with Gasteiger partial charge >= 0.3 is 11.7 Å². The standard InChI is InChI=1S/C35H19N7/c1-18-27-19-10-2-4-12-21(19)29-36-31-23-14-6-8-16-25(23)33-38-34-26-17-9-7-15-24(26)32-37-30-22-13-5-3-11-20(22)28(18)40(30)35(39(27)29,41(31)33)42(32)34/h2-17H,1H3/q+2. The van der Waals surface area contributed by atoms with Gasteiger partial charge in [0.1, 0.15) is 5.71 Å². The van der Waals surface area contributed by atoms with E-state index in [-0.39, 0.29) is 0 Å². The van der Waals surface area contributed by atoms with Gasteiger partial charge in [0.2, 0.25) is 11.3 Å². The van der Waals surface area contributed by atoms with E-state index in [0.29, 0.717) is 0 Å². The highest BCUT2D eigenvalue weighted by molar-refractivity contribution is 6.33. The molecule has 0 fully saturated rings. The zero-order valence-electron chi connectivity index (χ0n) is 22.4. The van der Waals surface area contributed by atoms with Gasteiger partial charge in [-0.25, -0.2) is 4.57 Å². The van der Waals surface area contributed by atoms with E-state index in [4.69, 9.17) is 15.0 Å². The maximum atomic E-state index is 5.50. The van der Waals surface area contributed by atoms with Crippen molar-refractivity contribution >= 4 is 62.0 Å². The van der Waals surface area contributed by atoms with Crippen molar-refractivity contribution in [3.05, 3.63) is 130 Å². The summed E-state index contributed by atoms with van der Waals surface area (Å²) >= 11 is 0. The summed E-state index contributed by atoms with van der Waals surface area (Å²) in [6.07, 6.45) is 0. The van der Waals surface area contributed by atoms with Crippen molar-refractivity contribution in [3.63, 3.8) is 0 Å². The molecule has 0 aliphatic carbocycles. The third-order valence-corrected chi connectivity index (χ3v) is 9.93. The third-order valence-electron chi connectivity index (χ3n) is 9.93. The Morgan fingerprint density at radius 2 is 1.10 bits per heavy atom. The number of amidine groups is 3. The fourth-order valence-electron chi connectivity index (χ4n) is 8.46. The fourth-order valence-corrected chi connectivity index (χ4v) is 8.46. The van der Waals surface area contributed by atoms with E-state index in [1.807, 2.05) is 0 Å². The number of benzene rings is 4. The lowest BCUT2D eigenvalue weighted by Crippen LogP contribution is -2.72. The smallest absolute Gasteiger partial charge is 0.217 e. The minimum absolute atomic E-state index is 0.870. The molecule has 192 valence electrons. The number of fused-ring (bicyclic) bond motifs is 12. The van der Waals surface area contributed by atoms with E-state index in [1.165, 1.54) is 27.6 Å². The second-order valence-corrected chi connectivity index (χ2v) is 11.7. The van der Waals surface area contributed by atoms with Crippen LogP contribution in [0.25, 0.3) is 27.1 Å². The van der Waals surface area contributed by atoms with Crippen molar-refractivity contribution in [2.75, 3.05) is 0 Å². The molecule has 8 heterocycles. The van der Waals surface area contributed by atoms with E-state index in [0.717, 1.165) is 67.5 Å². The summed E-state index contributed by atoms with van der Waals surface area (Å²) in [5, 5.41) is 5.77. The zero-order valence-corrected chi connectivity index (χ0v) is 22.4. The maximum absolute atomic E-state index is 5.50. The van der Waals surface area contributed by atoms with Crippen LogP contribution in [0, 0.1) is 0 Å². The molecule has 1 atom stereocenters. The summed E-state index contributed by atoms with van der Waals surface area (Å²) in [5.74, 6) is 3.81. The van der Waals surface area contributed by atoms with E-state index in [9.17, 15) is 0 Å². The van der Waals surface area contributed by atoms with Crippen molar-refractivity contribution < 1.29 is 9.15 Å². The predicted octanol–water partition coefficient (Wildman–Crippen LogP) is 4.30. The van der Waals surface area contributed by atoms with Crippen LogP contribution in [0.1, 0.15) is 29.2 Å². The van der Waals surface area contributed by atoms with Crippen molar-refractivity contribution in [3.8, 4) is 0 Å². The number of aliphatic imine (C=N–C) groups is 2. The molecule has 7 nitrogen and oxygen atoms in total. The van der Waals surface area contributed by atoms with Gasteiger partial charge in [0.25, 0.3) is 17.5 Å².